The van der Waals surface area contributed by atoms with Gasteiger partial charge in [0.05, 0.1) is 24.9 Å². The van der Waals surface area contributed by atoms with E-state index in [9.17, 15) is 4.79 Å². The SMILES string of the molecule is C[C@H]1COCCN1c1nc(-c2ccc(NC(=O)NC3CC3)cc2)nc2c1CCN(CC1CC1)C2. The maximum atomic E-state index is 12.1. The van der Waals surface area contributed by atoms with E-state index >= 15 is 0 Å². The molecule has 2 aliphatic heterocycles. The van der Waals surface area contributed by atoms with Crippen LogP contribution in [0.15, 0.2) is 24.3 Å². The normalized spacial score (nSPS) is 22.9. The molecule has 1 saturated heterocycles. The Labute approximate surface area is 201 Å². The van der Waals surface area contributed by atoms with Crippen LogP contribution in [-0.4, -0.2) is 65.8 Å². The van der Waals surface area contributed by atoms with Gasteiger partial charge in [-0.3, -0.25) is 4.90 Å². The van der Waals surface area contributed by atoms with Gasteiger partial charge in [0, 0.05) is 49.0 Å². The third kappa shape index (κ3) is 4.88. The lowest BCUT2D eigenvalue weighted by Crippen LogP contribution is -2.45. The molecule has 2 saturated carbocycles. The van der Waals surface area contributed by atoms with Crippen molar-refractivity contribution in [1.29, 1.82) is 0 Å². The van der Waals surface area contributed by atoms with E-state index in [0.29, 0.717) is 12.1 Å². The quantitative estimate of drug-likeness (QED) is 0.685. The van der Waals surface area contributed by atoms with Crippen molar-refractivity contribution in [2.24, 2.45) is 5.92 Å². The number of carbonyl (C=O) groups excluding carboxylic acids is 1. The number of fused-ring (bicyclic) bond motifs is 1. The Bertz CT molecular complexity index is 1050. The average molecular weight is 463 g/mol. The van der Waals surface area contributed by atoms with Gasteiger partial charge in [-0.25, -0.2) is 14.8 Å². The zero-order valence-corrected chi connectivity index (χ0v) is 19.9. The van der Waals surface area contributed by atoms with Gasteiger partial charge in [-0.05, 0) is 69.2 Å². The number of benzene rings is 1. The van der Waals surface area contributed by atoms with E-state index in [1.165, 1.54) is 24.9 Å². The first-order chi connectivity index (χ1) is 16.6. The van der Waals surface area contributed by atoms with Gasteiger partial charge in [-0.15, -0.1) is 0 Å². The lowest BCUT2D eigenvalue weighted by molar-refractivity contribution is 0.0983. The van der Waals surface area contributed by atoms with E-state index in [0.717, 1.165) is 86.6 Å². The molecule has 1 atom stereocenters. The van der Waals surface area contributed by atoms with Crippen LogP contribution in [0.3, 0.4) is 0 Å². The number of anilines is 2. The number of carbonyl (C=O) groups is 1. The number of nitrogens with zero attached hydrogens (tertiary/aromatic N) is 4. The highest BCUT2D eigenvalue weighted by molar-refractivity contribution is 5.89. The van der Waals surface area contributed by atoms with Crippen molar-refractivity contribution in [2.45, 2.75) is 57.7 Å². The maximum absolute atomic E-state index is 12.1. The second-order valence-electron chi connectivity index (χ2n) is 10.3. The molecular weight excluding hydrogens is 428 g/mol. The number of hydrogen-bond acceptors (Lipinski definition) is 6. The lowest BCUT2D eigenvalue weighted by atomic mass is 10.0. The monoisotopic (exact) mass is 462 g/mol. The first kappa shape index (κ1) is 21.8. The summed E-state index contributed by atoms with van der Waals surface area (Å²) in [5.74, 6) is 2.71. The largest absolute Gasteiger partial charge is 0.377 e. The number of morpholine rings is 1. The van der Waals surface area contributed by atoms with E-state index < -0.39 is 0 Å². The lowest BCUT2D eigenvalue weighted by Gasteiger charge is -2.38. The van der Waals surface area contributed by atoms with Gasteiger partial charge in [0.15, 0.2) is 5.82 Å². The first-order valence-corrected chi connectivity index (χ1v) is 12.8. The summed E-state index contributed by atoms with van der Waals surface area (Å²) >= 11 is 0. The minimum Gasteiger partial charge on any atom is -0.377 e. The molecule has 2 aromatic rings. The minimum absolute atomic E-state index is 0.139. The Morgan fingerprint density at radius 3 is 2.68 bits per heavy atom. The smallest absolute Gasteiger partial charge is 0.319 e. The number of nitrogens with one attached hydrogen (secondary N) is 2. The van der Waals surface area contributed by atoms with Crippen LogP contribution in [-0.2, 0) is 17.7 Å². The highest BCUT2D eigenvalue weighted by atomic mass is 16.5. The van der Waals surface area contributed by atoms with E-state index in [2.05, 4.69) is 27.4 Å². The molecule has 3 heterocycles. The molecule has 180 valence electrons. The third-order valence-electron chi connectivity index (χ3n) is 7.29. The fourth-order valence-corrected chi connectivity index (χ4v) is 4.98. The van der Waals surface area contributed by atoms with Crippen molar-refractivity contribution in [3.63, 3.8) is 0 Å². The summed E-state index contributed by atoms with van der Waals surface area (Å²) in [6.45, 7) is 7.69. The van der Waals surface area contributed by atoms with Crippen LogP contribution in [0.5, 0.6) is 0 Å². The number of amides is 2. The Kier molecular flexibility index (Phi) is 5.87. The molecule has 8 nitrogen and oxygen atoms in total. The summed E-state index contributed by atoms with van der Waals surface area (Å²) in [6.07, 6.45) is 5.89. The summed E-state index contributed by atoms with van der Waals surface area (Å²) in [5.41, 5.74) is 4.21. The fraction of sp³-hybridized carbons (Fsp3) is 0.577. The van der Waals surface area contributed by atoms with Crippen LogP contribution in [0.1, 0.15) is 43.9 Å². The highest BCUT2D eigenvalue weighted by Crippen LogP contribution is 2.34. The van der Waals surface area contributed by atoms with E-state index in [4.69, 9.17) is 14.7 Å². The molecular formula is C26H34N6O2. The number of hydrogen-bond donors (Lipinski definition) is 2. The molecule has 0 bridgehead atoms. The third-order valence-corrected chi connectivity index (χ3v) is 7.29. The summed E-state index contributed by atoms with van der Waals surface area (Å²) in [4.78, 5) is 27.2. The summed E-state index contributed by atoms with van der Waals surface area (Å²) in [7, 11) is 0. The highest BCUT2D eigenvalue weighted by Gasteiger charge is 2.31. The number of ether oxygens (including phenoxy) is 1. The van der Waals surface area contributed by atoms with Crippen LogP contribution in [0.4, 0.5) is 16.3 Å². The van der Waals surface area contributed by atoms with Gasteiger partial charge in [0.2, 0.25) is 0 Å². The molecule has 0 radical (unpaired) electrons. The molecule has 2 aliphatic carbocycles. The number of aromatic nitrogens is 2. The summed E-state index contributed by atoms with van der Waals surface area (Å²) < 4.78 is 5.70. The molecule has 0 spiro atoms. The van der Waals surface area contributed by atoms with E-state index in [-0.39, 0.29) is 6.03 Å². The van der Waals surface area contributed by atoms with Gasteiger partial charge >= 0.3 is 6.03 Å². The molecule has 6 rings (SSSR count). The van der Waals surface area contributed by atoms with Gasteiger partial charge in [0.1, 0.15) is 5.82 Å². The Balaban J connectivity index is 1.28. The van der Waals surface area contributed by atoms with Crippen molar-refractivity contribution in [3.8, 4) is 11.4 Å². The van der Waals surface area contributed by atoms with E-state index in [1.54, 1.807) is 0 Å². The molecule has 1 aromatic heterocycles. The molecule has 2 amide bonds. The van der Waals surface area contributed by atoms with Crippen molar-refractivity contribution >= 4 is 17.5 Å². The second-order valence-corrected chi connectivity index (χ2v) is 10.3. The minimum atomic E-state index is -0.139. The summed E-state index contributed by atoms with van der Waals surface area (Å²) in [5, 5.41) is 5.88. The number of rotatable bonds is 6. The van der Waals surface area contributed by atoms with Gasteiger partial charge in [0.25, 0.3) is 0 Å². The van der Waals surface area contributed by atoms with Crippen molar-refractivity contribution < 1.29 is 9.53 Å². The fourth-order valence-electron chi connectivity index (χ4n) is 4.98. The van der Waals surface area contributed by atoms with Crippen LogP contribution in [0.25, 0.3) is 11.4 Å². The molecule has 2 N–H and O–H groups in total. The first-order valence-electron chi connectivity index (χ1n) is 12.8. The second kappa shape index (κ2) is 9.15. The molecule has 4 aliphatic rings. The van der Waals surface area contributed by atoms with Crippen LogP contribution < -0.4 is 15.5 Å². The van der Waals surface area contributed by atoms with Gasteiger partial charge < -0.3 is 20.3 Å². The van der Waals surface area contributed by atoms with Crippen molar-refractivity contribution in [1.82, 2.24) is 20.2 Å². The average Bonchev–Trinajstić information content (AvgIpc) is 3.77. The van der Waals surface area contributed by atoms with Crippen molar-refractivity contribution in [2.75, 3.05) is 43.1 Å². The van der Waals surface area contributed by atoms with Gasteiger partial charge in [-0.2, -0.15) is 0 Å². The van der Waals surface area contributed by atoms with Crippen LogP contribution >= 0.6 is 0 Å². The maximum Gasteiger partial charge on any atom is 0.319 e. The number of urea groups is 1. The molecule has 34 heavy (non-hydrogen) atoms. The topological polar surface area (TPSA) is 82.6 Å². The van der Waals surface area contributed by atoms with Crippen LogP contribution in [0, 0.1) is 5.92 Å². The zero-order valence-electron chi connectivity index (χ0n) is 19.9. The standard InChI is InChI=1S/C26H34N6O2/c1-17-16-34-13-12-32(17)25-22-10-11-31(14-18-2-3-18)15-23(22)29-24(30-25)19-4-6-20(7-5-19)27-26(33)28-21-8-9-21/h4-7,17-18,21H,2-3,8-16H2,1H3,(H2,27,28,33)/t17-/m0/s1. The Morgan fingerprint density at radius 1 is 1.12 bits per heavy atom. The van der Waals surface area contributed by atoms with Crippen LogP contribution in [0.2, 0.25) is 0 Å². The molecule has 3 fully saturated rings. The predicted molar refractivity (Wildman–Crippen MR) is 132 cm³/mol. The summed E-state index contributed by atoms with van der Waals surface area (Å²) in [6, 6.07) is 8.37. The Morgan fingerprint density at radius 2 is 1.94 bits per heavy atom. The molecule has 8 heteroatoms. The van der Waals surface area contributed by atoms with Crippen molar-refractivity contribution in [3.05, 3.63) is 35.5 Å². The van der Waals surface area contributed by atoms with E-state index in [1.807, 2.05) is 24.3 Å². The Hall–Kier alpha value is -2.71. The molecule has 0 unspecified atom stereocenters. The zero-order chi connectivity index (χ0) is 23.1. The molecule has 1 aromatic carbocycles. The van der Waals surface area contributed by atoms with Gasteiger partial charge in [-0.1, -0.05) is 0 Å². The predicted octanol–water partition coefficient (Wildman–Crippen LogP) is 3.42.